The standard InChI is InChI=1S/C28H22N2O5/c1-3-13-34-22-10-6-9-20(16-22)25-24(27(32)28(33)30(25)23-14-17(2)35-29-23)26(31)21-12-11-18-7-4-5-8-19(18)15-21/h3-12,14-16,25,31H,1,13H2,2H3/t25-/m1/s1. The topological polar surface area (TPSA) is 92.9 Å². The lowest BCUT2D eigenvalue weighted by Crippen LogP contribution is -2.29. The molecule has 2 heterocycles. The van der Waals surface area contributed by atoms with Crippen molar-refractivity contribution in [1.82, 2.24) is 5.16 Å². The molecule has 35 heavy (non-hydrogen) atoms. The first-order valence-electron chi connectivity index (χ1n) is 11.0. The number of amides is 1. The van der Waals surface area contributed by atoms with Crippen LogP contribution < -0.4 is 9.64 Å². The van der Waals surface area contributed by atoms with Gasteiger partial charge in [0.1, 0.15) is 23.9 Å². The molecule has 0 spiro atoms. The van der Waals surface area contributed by atoms with E-state index in [1.54, 1.807) is 55.5 Å². The van der Waals surface area contributed by atoms with E-state index in [0.29, 0.717) is 29.2 Å². The molecule has 1 saturated heterocycles. The van der Waals surface area contributed by atoms with E-state index in [2.05, 4.69) is 11.7 Å². The monoisotopic (exact) mass is 466 g/mol. The predicted molar refractivity (Wildman–Crippen MR) is 132 cm³/mol. The fourth-order valence-electron chi connectivity index (χ4n) is 4.27. The van der Waals surface area contributed by atoms with Crippen LogP contribution in [-0.4, -0.2) is 28.6 Å². The molecule has 7 nitrogen and oxygen atoms in total. The third-order valence-corrected chi connectivity index (χ3v) is 5.87. The van der Waals surface area contributed by atoms with Crippen molar-refractivity contribution in [3.05, 3.63) is 108 Å². The number of carbonyl (C=O) groups excluding carboxylic acids is 2. The molecule has 1 amide bonds. The molecule has 0 unspecified atom stereocenters. The van der Waals surface area contributed by atoms with Crippen molar-refractivity contribution in [3.63, 3.8) is 0 Å². The quantitative estimate of drug-likeness (QED) is 0.179. The first-order valence-corrected chi connectivity index (χ1v) is 11.0. The number of aliphatic hydroxyl groups is 1. The summed E-state index contributed by atoms with van der Waals surface area (Å²) in [7, 11) is 0. The highest BCUT2D eigenvalue weighted by molar-refractivity contribution is 6.51. The molecule has 3 aromatic carbocycles. The van der Waals surface area contributed by atoms with Gasteiger partial charge in [-0.1, -0.05) is 66.3 Å². The lowest BCUT2D eigenvalue weighted by Gasteiger charge is -2.23. The molecular weight excluding hydrogens is 444 g/mol. The second-order valence-electron chi connectivity index (χ2n) is 8.20. The summed E-state index contributed by atoms with van der Waals surface area (Å²) in [6.07, 6.45) is 1.62. The van der Waals surface area contributed by atoms with Gasteiger partial charge < -0.3 is 14.4 Å². The van der Waals surface area contributed by atoms with Crippen LogP contribution >= 0.6 is 0 Å². The number of rotatable bonds is 6. The third kappa shape index (κ3) is 3.97. The van der Waals surface area contributed by atoms with E-state index >= 15 is 0 Å². The van der Waals surface area contributed by atoms with Gasteiger partial charge in [-0.25, -0.2) is 0 Å². The molecule has 0 saturated carbocycles. The Morgan fingerprint density at radius 3 is 2.63 bits per heavy atom. The van der Waals surface area contributed by atoms with Crippen LogP contribution in [0.3, 0.4) is 0 Å². The summed E-state index contributed by atoms with van der Waals surface area (Å²) in [4.78, 5) is 27.8. The smallest absolute Gasteiger partial charge is 0.301 e. The van der Waals surface area contributed by atoms with Crippen LogP contribution in [0, 0.1) is 6.92 Å². The number of benzene rings is 3. The highest BCUT2D eigenvalue weighted by Crippen LogP contribution is 2.42. The van der Waals surface area contributed by atoms with E-state index in [-0.39, 0.29) is 17.2 Å². The molecule has 1 fully saturated rings. The van der Waals surface area contributed by atoms with E-state index in [9.17, 15) is 14.7 Å². The maximum atomic E-state index is 13.3. The number of ether oxygens (including phenoxy) is 1. The van der Waals surface area contributed by atoms with Crippen molar-refractivity contribution in [2.24, 2.45) is 0 Å². The highest BCUT2D eigenvalue weighted by Gasteiger charge is 2.48. The Morgan fingerprint density at radius 2 is 1.89 bits per heavy atom. The Balaban J connectivity index is 1.70. The van der Waals surface area contributed by atoms with Crippen molar-refractivity contribution < 1.29 is 24.0 Å². The van der Waals surface area contributed by atoms with Crippen LogP contribution in [0.1, 0.15) is 22.9 Å². The average Bonchev–Trinajstić information content (AvgIpc) is 3.42. The number of anilines is 1. The average molecular weight is 466 g/mol. The molecular formula is C28H22N2O5. The summed E-state index contributed by atoms with van der Waals surface area (Å²) < 4.78 is 10.8. The number of ketones is 1. The molecule has 1 atom stereocenters. The third-order valence-electron chi connectivity index (χ3n) is 5.87. The number of hydrogen-bond donors (Lipinski definition) is 1. The van der Waals surface area contributed by atoms with E-state index in [4.69, 9.17) is 9.26 Å². The SMILES string of the molecule is C=CCOc1cccc([C@@H]2C(=C(O)c3ccc4ccccc4c3)C(=O)C(=O)N2c2cc(C)on2)c1. The zero-order chi connectivity index (χ0) is 24.5. The number of aryl methyl sites for hydroxylation is 1. The van der Waals surface area contributed by atoms with E-state index in [1.807, 2.05) is 30.3 Å². The fraction of sp³-hybridized carbons (Fsp3) is 0.107. The number of carbonyl (C=O) groups is 2. The first-order chi connectivity index (χ1) is 17.0. The van der Waals surface area contributed by atoms with Gasteiger partial charge in [0.2, 0.25) is 0 Å². The molecule has 5 rings (SSSR count). The Labute approximate surface area is 201 Å². The Kier molecular flexibility index (Phi) is 5.66. The van der Waals surface area contributed by atoms with Gasteiger partial charge in [0.15, 0.2) is 5.82 Å². The summed E-state index contributed by atoms with van der Waals surface area (Å²) in [6, 6.07) is 20.7. The lowest BCUT2D eigenvalue weighted by atomic mass is 9.94. The summed E-state index contributed by atoms with van der Waals surface area (Å²) >= 11 is 0. The molecule has 1 aliphatic rings. The second-order valence-corrected chi connectivity index (χ2v) is 8.20. The first kappa shape index (κ1) is 22.2. The number of nitrogens with zero attached hydrogens (tertiary/aromatic N) is 2. The summed E-state index contributed by atoms with van der Waals surface area (Å²) in [5.41, 5.74) is 0.975. The summed E-state index contributed by atoms with van der Waals surface area (Å²) in [5.74, 6) is -0.668. The van der Waals surface area contributed by atoms with Crippen LogP contribution in [0.5, 0.6) is 5.75 Å². The van der Waals surface area contributed by atoms with Crippen LogP contribution in [-0.2, 0) is 9.59 Å². The molecule has 1 aromatic heterocycles. The van der Waals surface area contributed by atoms with Gasteiger partial charge in [0.25, 0.3) is 5.78 Å². The van der Waals surface area contributed by atoms with Crippen LogP contribution in [0.2, 0.25) is 0 Å². The number of Topliss-reactive ketones (excluding diaryl/α,β-unsaturated/α-hetero) is 1. The number of aromatic nitrogens is 1. The second kappa shape index (κ2) is 8.95. The summed E-state index contributed by atoms with van der Waals surface area (Å²) in [6.45, 7) is 5.65. The van der Waals surface area contributed by atoms with Crippen molar-refractivity contribution >= 4 is 34.0 Å². The van der Waals surface area contributed by atoms with Crippen LogP contribution in [0.25, 0.3) is 16.5 Å². The number of hydrogen-bond acceptors (Lipinski definition) is 6. The van der Waals surface area contributed by atoms with E-state index in [1.165, 1.54) is 4.90 Å². The molecule has 1 aliphatic heterocycles. The molecule has 0 bridgehead atoms. The molecule has 0 radical (unpaired) electrons. The lowest BCUT2D eigenvalue weighted by molar-refractivity contribution is -0.132. The van der Waals surface area contributed by atoms with Gasteiger partial charge in [0.05, 0.1) is 11.6 Å². The largest absolute Gasteiger partial charge is 0.507 e. The Morgan fingerprint density at radius 1 is 1.09 bits per heavy atom. The minimum atomic E-state index is -0.932. The van der Waals surface area contributed by atoms with Gasteiger partial charge in [0, 0.05) is 11.6 Å². The molecule has 7 heteroatoms. The molecule has 1 N–H and O–H groups in total. The molecule has 174 valence electrons. The maximum absolute atomic E-state index is 13.3. The number of fused-ring (bicyclic) bond motifs is 1. The Hall–Kier alpha value is -4.65. The van der Waals surface area contributed by atoms with Crippen molar-refractivity contribution in [2.75, 3.05) is 11.5 Å². The van der Waals surface area contributed by atoms with Crippen LogP contribution in [0.4, 0.5) is 5.82 Å². The van der Waals surface area contributed by atoms with Gasteiger partial charge >= 0.3 is 5.91 Å². The summed E-state index contributed by atoms with van der Waals surface area (Å²) in [5, 5.41) is 17.2. The normalized spacial score (nSPS) is 17.2. The Bertz CT molecular complexity index is 1500. The minimum absolute atomic E-state index is 0.0354. The maximum Gasteiger partial charge on any atom is 0.301 e. The zero-order valence-electron chi connectivity index (χ0n) is 19.0. The van der Waals surface area contributed by atoms with E-state index < -0.39 is 17.7 Å². The molecule has 0 aliphatic carbocycles. The minimum Gasteiger partial charge on any atom is -0.507 e. The van der Waals surface area contributed by atoms with Crippen molar-refractivity contribution in [1.29, 1.82) is 0 Å². The fourth-order valence-corrected chi connectivity index (χ4v) is 4.27. The van der Waals surface area contributed by atoms with Gasteiger partial charge in [-0.2, -0.15) is 0 Å². The van der Waals surface area contributed by atoms with Crippen molar-refractivity contribution in [3.8, 4) is 5.75 Å². The van der Waals surface area contributed by atoms with E-state index in [0.717, 1.165) is 10.8 Å². The number of aliphatic hydroxyl groups excluding tert-OH is 1. The molecule has 4 aromatic rings. The van der Waals surface area contributed by atoms with Gasteiger partial charge in [-0.15, -0.1) is 0 Å². The van der Waals surface area contributed by atoms with Gasteiger partial charge in [-0.05, 0) is 41.5 Å². The van der Waals surface area contributed by atoms with Crippen molar-refractivity contribution in [2.45, 2.75) is 13.0 Å². The van der Waals surface area contributed by atoms with Crippen LogP contribution in [0.15, 0.2) is 95.5 Å². The predicted octanol–water partition coefficient (Wildman–Crippen LogP) is 5.33. The van der Waals surface area contributed by atoms with Gasteiger partial charge in [-0.3, -0.25) is 14.5 Å². The zero-order valence-corrected chi connectivity index (χ0v) is 19.0. The highest BCUT2D eigenvalue weighted by atomic mass is 16.5.